The molecule has 0 unspecified atom stereocenters. The van der Waals surface area contributed by atoms with Crippen molar-refractivity contribution in [2.45, 2.75) is 26.8 Å². The maximum Gasteiger partial charge on any atom is 0.177 e. The average Bonchev–Trinajstić information content (AvgIpc) is 2.83. The molecule has 112 valence electrons. The predicted molar refractivity (Wildman–Crippen MR) is 80.5 cm³/mol. The molecule has 5 nitrogen and oxygen atoms in total. The zero-order valence-electron chi connectivity index (χ0n) is 12.1. The van der Waals surface area contributed by atoms with Gasteiger partial charge in [-0.25, -0.2) is 9.67 Å². The summed E-state index contributed by atoms with van der Waals surface area (Å²) in [7, 11) is 0. The highest BCUT2D eigenvalue weighted by molar-refractivity contribution is 6.30. The minimum absolute atomic E-state index is 0.00508. The molecule has 0 aliphatic rings. The lowest BCUT2D eigenvalue weighted by atomic mass is 10.2. The van der Waals surface area contributed by atoms with Gasteiger partial charge in [0.05, 0.1) is 6.42 Å². The number of carbonyl (C=O) groups excluding carboxylic acids is 1. The molecule has 0 spiro atoms. The van der Waals surface area contributed by atoms with Gasteiger partial charge in [-0.15, -0.1) is 0 Å². The van der Waals surface area contributed by atoms with Gasteiger partial charge in [0.2, 0.25) is 0 Å². The number of hydrogen-bond donors (Lipinski definition) is 0. The van der Waals surface area contributed by atoms with Crippen molar-refractivity contribution in [1.82, 2.24) is 14.8 Å². The van der Waals surface area contributed by atoms with Crippen LogP contribution in [-0.2, 0) is 17.8 Å². The molecule has 0 fully saturated rings. The van der Waals surface area contributed by atoms with Gasteiger partial charge < -0.3 is 4.74 Å². The normalized spacial score (nSPS) is 10.9. The first-order valence-electron chi connectivity index (χ1n) is 6.81. The lowest BCUT2D eigenvalue weighted by Gasteiger charge is -2.09. The number of benzene rings is 1. The van der Waals surface area contributed by atoms with Crippen molar-refractivity contribution < 1.29 is 9.53 Å². The maximum atomic E-state index is 12.0. The van der Waals surface area contributed by atoms with Crippen LogP contribution in [0.5, 0.6) is 5.75 Å². The van der Waals surface area contributed by atoms with Gasteiger partial charge in [-0.2, -0.15) is 5.10 Å². The Hall–Kier alpha value is -1.88. The summed E-state index contributed by atoms with van der Waals surface area (Å²) in [4.78, 5) is 16.1. The SMILES string of the molecule is CC(C)Cn1ncnc1CC(=O)COc1cccc(Cl)c1. The molecule has 0 radical (unpaired) electrons. The first-order valence-corrected chi connectivity index (χ1v) is 7.19. The summed E-state index contributed by atoms with van der Waals surface area (Å²) in [6, 6.07) is 6.97. The minimum atomic E-state index is -0.0482. The van der Waals surface area contributed by atoms with Crippen molar-refractivity contribution in [1.29, 1.82) is 0 Å². The molecule has 0 bridgehead atoms. The number of hydrogen-bond acceptors (Lipinski definition) is 4. The van der Waals surface area contributed by atoms with Crippen LogP contribution in [0.1, 0.15) is 19.7 Å². The third kappa shape index (κ3) is 4.86. The van der Waals surface area contributed by atoms with Gasteiger partial charge in [0, 0.05) is 11.6 Å². The molecule has 1 aromatic heterocycles. The molecule has 0 aliphatic heterocycles. The van der Waals surface area contributed by atoms with E-state index in [0.717, 1.165) is 6.54 Å². The molecular weight excluding hydrogens is 290 g/mol. The monoisotopic (exact) mass is 307 g/mol. The van der Waals surface area contributed by atoms with E-state index < -0.39 is 0 Å². The number of carbonyl (C=O) groups is 1. The maximum absolute atomic E-state index is 12.0. The Labute approximate surface area is 128 Å². The van der Waals surface area contributed by atoms with Gasteiger partial charge in [0.15, 0.2) is 5.78 Å². The fourth-order valence-corrected chi connectivity index (χ4v) is 2.05. The van der Waals surface area contributed by atoms with Crippen LogP contribution in [0.15, 0.2) is 30.6 Å². The van der Waals surface area contributed by atoms with E-state index in [1.807, 2.05) is 0 Å². The largest absolute Gasteiger partial charge is 0.486 e. The quantitative estimate of drug-likeness (QED) is 0.789. The van der Waals surface area contributed by atoms with Gasteiger partial charge in [0.25, 0.3) is 0 Å². The van der Waals surface area contributed by atoms with Crippen molar-refractivity contribution in [2.24, 2.45) is 5.92 Å². The van der Waals surface area contributed by atoms with Gasteiger partial charge in [-0.3, -0.25) is 4.79 Å². The Bertz CT molecular complexity index is 610. The van der Waals surface area contributed by atoms with Crippen molar-refractivity contribution >= 4 is 17.4 Å². The van der Waals surface area contributed by atoms with Crippen molar-refractivity contribution in [3.8, 4) is 5.75 Å². The smallest absolute Gasteiger partial charge is 0.177 e. The molecule has 2 aromatic rings. The molecule has 1 aromatic carbocycles. The highest BCUT2D eigenvalue weighted by Crippen LogP contribution is 2.17. The van der Waals surface area contributed by atoms with E-state index in [2.05, 4.69) is 23.9 Å². The first-order chi connectivity index (χ1) is 10.0. The molecule has 0 amide bonds. The van der Waals surface area contributed by atoms with Crippen LogP contribution in [0.25, 0.3) is 0 Å². The van der Waals surface area contributed by atoms with Gasteiger partial charge in [-0.1, -0.05) is 31.5 Å². The molecule has 21 heavy (non-hydrogen) atoms. The summed E-state index contributed by atoms with van der Waals surface area (Å²) < 4.78 is 7.19. The molecule has 0 saturated carbocycles. The standard InChI is InChI=1S/C15H18ClN3O2/c1-11(2)8-19-15(17-10-18-19)7-13(20)9-21-14-5-3-4-12(16)6-14/h3-6,10-11H,7-9H2,1-2H3. The van der Waals surface area contributed by atoms with Crippen LogP contribution in [0.4, 0.5) is 0 Å². The van der Waals surface area contributed by atoms with E-state index in [9.17, 15) is 4.79 Å². The first kappa shape index (κ1) is 15.5. The van der Waals surface area contributed by atoms with Gasteiger partial charge in [-0.05, 0) is 24.1 Å². The van der Waals surface area contributed by atoms with Gasteiger partial charge in [0.1, 0.15) is 24.5 Å². The van der Waals surface area contributed by atoms with Crippen molar-refractivity contribution in [3.63, 3.8) is 0 Å². The number of ether oxygens (including phenoxy) is 1. The molecule has 0 saturated heterocycles. The fraction of sp³-hybridized carbons (Fsp3) is 0.400. The number of halogens is 1. The fourth-order valence-electron chi connectivity index (χ4n) is 1.87. The number of aromatic nitrogens is 3. The summed E-state index contributed by atoms with van der Waals surface area (Å²) in [5.41, 5.74) is 0. The van der Waals surface area contributed by atoms with Crippen molar-refractivity contribution in [2.75, 3.05) is 6.61 Å². The molecular formula is C15H18ClN3O2. The minimum Gasteiger partial charge on any atom is -0.486 e. The number of ketones is 1. The molecule has 0 aliphatic carbocycles. The van der Waals surface area contributed by atoms with E-state index in [0.29, 0.717) is 22.5 Å². The highest BCUT2D eigenvalue weighted by atomic mass is 35.5. The second kappa shape index (κ2) is 7.22. The number of rotatable bonds is 7. The number of nitrogens with zero attached hydrogens (tertiary/aromatic N) is 3. The summed E-state index contributed by atoms with van der Waals surface area (Å²) in [6.45, 7) is 4.93. The second-order valence-corrected chi connectivity index (χ2v) is 5.65. The molecule has 2 rings (SSSR count). The van der Waals surface area contributed by atoms with Crippen LogP contribution in [0, 0.1) is 5.92 Å². The molecule has 0 atom stereocenters. The summed E-state index contributed by atoms with van der Waals surface area (Å²) in [5, 5.41) is 4.71. The van der Waals surface area contributed by atoms with Crippen LogP contribution < -0.4 is 4.74 Å². The summed E-state index contributed by atoms with van der Waals surface area (Å²) in [5.74, 6) is 1.65. The summed E-state index contributed by atoms with van der Waals surface area (Å²) >= 11 is 5.86. The Kier molecular flexibility index (Phi) is 5.33. The van der Waals surface area contributed by atoms with E-state index in [1.165, 1.54) is 6.33 Å². The lowest BCUT2D eigenvalue weighted by molar-refractivity contribution is -0.120. The molecule has 6 heteroatoms. The van der Waals surface area contributed by atoms with Crippen molar-refractivity contribution in [3.05, 3.63) is 41.4 Å². The van der Waals surface area contributed by atoms with E-state index in [4.69, 9.17) is 16.3 Å². The average molecular weight is 308 g/mol. The Morgan fingerprint density at radius 3 is 2.95 bits per heavy atom. The van der Waals surface area contributed by atoms with Crippen LogP contribution in [0.2, 0.25) is 5.02 Å². The topological polar surface area (TPSA) is 57.0 Å². The van der Waals surface area contributed by atoms with Crippen LogP contribution in [0.3, 0.4) is 0 Å². The third-order valence-electron chi connectivity index (χ3n) is 2.79. The Morgan fingerprint density at radius 2 is 2.24 bits per heavy atom. The van der Waals surface area contributed by atoms with Crippen LogP contribution >= 0.6 is 11.6 Å². The molecule has 0 N–H and O–H groups in total. The van der Waals surface area contributed by atoms with Gasteiger partial charge >= 0.3 is 0 Å². The van der Waals surface area contributed by atoms with E-state index in [1.54, 1.807) is 28.9 Å². The lowest BCUT2D eigenvalue weighted by Crippen LogP contribution is -2.18. The zero-order valence-corrected chi connectivity index (χ0v) is 12.9. The van der Waals surface area contributed by atoms with Crippen LogP contribution in [-0.4, -0.2) is 27.2 Å². The van der Waals surface area contributed by atoms with E-state index >= 15 is 0 Å². The second-order valence-electron chi connectivity index (χ2n) is 5.21. The molecule has 1 heterocycles. The van der Waals surface area contributed by atoms with E-state index in [-0.39, 0.29) is 18.8 Å². The Morgan fingerprint density at radius 1 is 1.43 bits per heavy atom. The predicted octanol–water partition coefficient (Wildman–Crippen LogP) is 2.78. The number of Topliss-reactive ketones (excluding diaryl/α,β-unsaturated/α-hetero) is 1. The summed E-state index contributed by atoms with van der Waals surface area (Å²) in [6.07, 6.45) is 1.69. The third-order valence-corrected chi connectivity index (χ3v) is 3.02. The zero-order chi connectivity index (χ0) is 15.2. The highest BCUT2D eigenvalue weighted by Gasteiger charge is 2.12. The Balaban J connectivity index is 1.89.